The van der Waals surface area contributed by atoms with Gasteiger partial charge in [0.25, 0.3) is 6.79 Å². The van der Waals surface area contributed by atoms with E-state index >= 15 is 0 Å². The van der Waals surface area contributed by atoms with E-state index in [1.807, 2.05) is 6.07 Å². The van der Waals surface area contributed by atoms with E-state index in [9.17, 15) is 18.4 Å². The standard InChI is InChI=1S/C21H22BrN3O6S/c1-32(28,29)19-9-7-16(8-10-19)13-20(17-5-4-6-18(22)14-17)21(26)30-15-31-23-25(27)24-11-2-3-12-24/h4-10,13-14H,2-3,11-12,15H2,1H3/b20-13+,25-23+. The number of hydrogen-bond acceptors (Lipinski definition) is 7. The fourth-order valence-corrected chi connectivity index (χ4v) is 4.08. The van der Waals surface area contributed by atoms with Gasteiger partial charge in [-0.1, -0.05) is 40.2 Å². The number of sulfone groups is 1. The van der Waals surface area contributed by atoms with Crippen LogP contribution in [0, 0.1) is 5.21 Å². The second-order valence-corrected chi connectivity index (χ2v) is 10.0. The van der Waals surface area contributed by atoms with Crippen molar-refractivity contribution in [2.75, 3.05) is 26.1 Å². The van der Waals surface area contributed by atoms with Crippen LogP contribution in [0.5, 0.6) is 0 Å². The van der Waals surface area contributed by atoms with Crippen LogP contribution in [0.15, 0.2) is 63.2 Å². The molecule has 11 heteroatoms. The molecule has 0 radical (unpaired) electrons. The van der Waals surface area contributed by atoms with Crippen molar-refractivity contribution in [3.05, 3.63) is 69.3 Å². The van der Waals surface area contributed by atoms with Gasteiger partial charge in [0.1, 0.15) is 0 Å². The molecule has 2 aromatic carbocycles. The fraction of sp³-hybridized carbons (Fsp3) is 0.286. The summed E-state index contributed by atoms with van der Waals surface area (Å²) in [6, 6.07) is 13.2. The van der Waals surface area contributed by atoms with Crippen LogP contribution in [0.1, 0.15) is 24.0 Å². The molecule has 3 rings (SSSR count). The van der Waals surface area contributed by atoms with Crippen LogP contribution in [0.3, 0.4) is 0 Å². The van der Waals surface area contributed by atoms with E-state index < -0.39 is 22.6 Å². The Balaban J connectivity index is 1.76. The predicted octanol–water partition coefficient (Wildman–Crippen LogP) is 3.80. The molecule has 1 heterocycles. The Bertz CT molecular complexity index is 1130. The summed E-state index contributed by atoms with van der Waals surface area (Å²) in [5, 5.41) is 16.6. The first-order valence-electron chi connectivity index (χ1n) is 9.74. The molecule has 1 aliphatic rings. The molecule has 32 heavy (non-hydrogen) atoms. The van der Waals surface area contributed by atoms with Crippen molar-refractivity contribution in [1.82, 2.24) is 5.01 Å². The maximum absolute atomic E-state index is 12.8. The molecule has 0 bridgehead atoms. The first-order valence-corrected chi connectivity index (χ1v) is 12.4. The van der Waals surface area contributed by atoms with Gasteiger partial charge in [0.05, 0.1) is 28.5 Å². The number of nitrogens with zero attached hydrogens (tertiary/aromatic N) is 3. The van der Waals surface area contributed by atoms with E-state index in [1.165, 1.54) is 17.1 Å². The molecule has 9 nitrogen and oxygen atoms in total. The zero-order valence-corrected chi connectivity index (χ0v) is 19.7. The Morgan fingerprint density at radius 1 is 1.22 bits per heavy atom. The summed E-state index contributed by atoms with van der Waals surface area (Å²) < 4.78 is 29.2. The molecule has 2 aromatic rings. The van der Waals surface area contributed by atoms with E-state index in [2.05, 4.69) is 21.2 Å². The highest BCUT2D eigenvalue weighted by Gasteiger charge is 2.19. The predicted molar refractivity (Wildman–Crippen MR) is 120 cm³/mol. The summed E-state index contributed by atoms with van der Waals surface area (Å²) in [6.45, 7) is 0.665. The highest BCUT2D eigenvalue weighted by molar-refractivity contribution is 9.10. The molecule has 0 spiro atoms. The van der Waals surface area contributed by atoms with Crippen molar-refractivity contribution < 1.29 is 27.8 Å². The third-order valence-electron chi connectivity index (χ3n) is 4.67. The lowest BCUT2D eigenvalue weighted by molar-refractivity contribution is -0.708. The maximum Gasteiger partial charge on any atom is 0.341 e. The van der Waals surface area contributed by atoms with Crippen LogP contribution in [-0.4, -0.2) is 50.5 Å². The third-order valence-corrected chi connectivity index (χ3v) is 6.29. The quantitative estimate of drug-likeness (QED) is 0.0755. The monoisotopic (exact) mass is 523 g/mol. The Morgan fingerprint density at radius 3 is 2.53 bits per heavy atom. The molecule has 0 aromatic heterocycles. The topological polar surface area (TPSA) is 111 Å². The Hall–Kier alpha value is -2.92. The number of hydrazine groups is 1. The van der Waals surface area contributed by atoms with E-state index in [4.69, 9.17) is 9.57 Å². The number of hydrogen-bond donors (Lipinski definition) is 0. The minimum absolute atomic E-state index is 0.177. The largest absolute Gasteiger partial charge is 0.569 e. The second kappa shape index (κ2) is 10.6. The van der Waals surface area contributed by atoms with Gasteiger partial charge in [-0.15, -0.1) is 5.01 Å². The number of carbonyl (C=O) groups is 1. The average Bonchev–Trinajstić information content (AvgIpc) is 3.29. The van der Waals surface area contributed by atoms with Crippen LogP contribution >= 0.6 is 15.9 Å². The molecule has 0 atom stereocenters. The molecule has 0 unspecified atom stereocenters. The van der Waals surface area contributed by atoms with Crippen molar-refractivity contribution in [3.63, 3.8) is 0 Å². The van der Waals surface area contributed by atoms with Crippen LogP contribution < -0.4 is 0 Å². The van der Waals surface area contributed by atoms with Gasteiger partial charge in [0, 0.05) is 10.7 Å². The summed E-state index contributed by atoms with van der Waals surface area (Å²) in [4.78, 5) is 18.1. The van der Waals surface area contributed by atoms with Crippen molar-refractivity contribution in [2.45, 2.75) is 17.7 Å². The number of ether oxygens (including phenoxy) is 1. The number of halogens is 1. The zero-order valence-electron chi connectivity index (χ0n) is 17.3. The Kier molecular flexibility index (Phi) is 7.86. The minimum Gasteiger partial charge on any atom is -0.569 e. The van der Waals surface area contributed by atoms with Crippen molar-refractivity contribution in [1.29, 1.82) is 0 Å². The number of benzene rings is 2. The van der Waals surface area contributed by atoms with E-state index in [-0.39, 0.29) is 10.5 Å². The molecule has 0 N–H and O–H groups in total. The first kappa shape index (κ1) is 23.7. The van der Waals surface area contributed by atoms with Gasteiger partial charge in [-0.3, -0.25) is 0 Å². The lowest BCUT2D eigenvalue weighted by Gasteiger charge is -2.11. The normalized spacial score (nSPS) is 15.0. The summed E-state index contributed by atoms with van der Waals surface area (Å²) in [7, 11) is -3.33. The van der Waals surface area contributed by atoms with Gasteiger partial charge in [-0.25, -0.2) is 13.2 Å². The van der Waals surface area contributed by atoms with Crippen LogP contribution in [-0.2, 0) is 24.2 Å². The molecule has 0 saturated carbocycles. The molecule has 0 aliphatic carbocycles. The van der Waals surface area contributed by atoms with Crippen LogP contribution in [0.25, 0.3) is 11.6 Å². The Labute approximate surface area is 194 Å². The molecule has 1 aliphatic heterocycles. The van der Waals surface area contributed by atoms with E-state index in [0.29, 0.717) is 29.2 Å². The van der Waals surface area contributed by atoms with Crippen molar-refractivity contribution in [3.8, 4) is 0 Å². The van der Waals surface area contributed by atoms with Crippen molar-refractivity contribution in [2.24, 2.45) is 5.28 Å². The first-order chi connectivity index (χ1) is 15.2. The average molecular weight is 524 g/mol. The van der Waals surface area contributed by atoms with Gasteiger partial charge in [-0.05, 0) is 54.3 Å². The minimum atomic E-state index is -3.33. The number of carbonyl (C=O) groups excluding carboxylic acids is 1. The molecule has 1 fully saturated rings. The lowest BCUT2D eigenvalue weighted by atomic mass is 10.0. The van der Waals surface area contributed by atoms with E-state index in [1.54, 1.807) is 36.4 Å². The highest BCUT2D eigenvalue weighted by atomic mass is 79.9. The molecule has 0 amide bonds. The third kappa shape index (κ3) is 6.54. The smallest absolute Gasteiger partial charge is 0.341 e. The maximum atomic E-state index is 12.8. The van der Waals surface area contributed by atoms with Gasteiger partial charge in [0.15, 0.2) is 9.84 Å². The number of rotatable bonds is 8. The van der Waals surface area contributed by atoms with Crippen LogP contribution in [0.4, 0.5) is 0 Å². The van der Waals surface area contributed by atoms with Gasteiger partial charge >= 0.3 is 5.97 Å². The van der Waals surface area contributed by atoms with Crippen molar-refractivity contribution >= 4 is 43.4 Å². The molecular weight excluding hydrogens is 502 g/mol. The van der Waals surface area contributed by atoms with E-state index in [0.717, 1.165) is 23.6 Å². The van der Waals surface area contributed by atoms with Gasteiger partial charge in [-0.2, -0.15) is 0 Å². The number of esters is 1. The van der Waals surface area contributed by atoms with Gasteiger partial charge in [0.2, 0.25) is 5.28 Å². The molecule has 170 valence electrons. The summed E-state index contributed by atoms with van der Waals surface area (Å²) >= 11 is 3.38. The van der Waals surface area contributed by atoms with Gasteiger partial charge < -0.3 is 14.8 Å². The summed E-state index contributed by atoms with van der Waals surface area (Å²) in [6.07, 6.45) is 4.53. The van der Waals surface area contributed by atoms with Crippen LogP contribution in [0.2, 0.25) is 0 Å². The summed E-state index contributed by atoms with van der Waals surface area (Å²) in [5.74, 6) is -0.691. The Morgan fingerprint density at radius 2 is 1.91 bits per heavy atom. The second-order valence-electron chi connectivity index (χ2n) is 7.08. The molecule has 1 saturated heterocycles. The highest BCUT2D eigenvalue weighted by Crippen LogP contribution is 2.24. The summed E-state index contributed by atoms with van der Waals surface area (Å²) in [5.41, 5.74) is 1.41. The molecular formula is C21H22BrN3O6S. The lowest BCUT2D eigenvalue weighted by Crippen LogP contribution is -2.27. The zero-order chi connectivity index (χ0) is 23.1. The SMILES string of the molecule is CS(=O)(=O)c1ccc(/C=C(/C(=O)OCO/N=[N+](/[O-])N2CCCC2)c2cccc(Br)c2)cc1. The fourth-order valence-electron chi connectivity index (χ4n) is 3.05.